The minimum absolute atomic E-state index is 0.203. The fourth-order valence-electron chi connectivity index (χ4n) is 2.06. The molecule has 1 aromatic carbocycles. The van der Waals surface area contributed by atoms with Crippen LogP contribution < -0.4 is 15.6 Å². The highest BCUT2D eigenvalue weighted by Crippen LogP contribution is 2.22. The van der Waals surface area contributed by atoms with Gasteiger partial charge in [0.2, 0.25) is 0 Å². The summed E-state index contributed by atoms with van der Waals surface area (Å²) in [6.45, 7) is 5.65. The Hall–Kier alpha value is -2.05. The van der Waals surface area contributed by atoms with Gasteiger partial charge in [-0.2, -0.15) is 0 Å². The average Bonchev–Trinajstić information content (AvgIpc) is 2.94. The molecule has 0 spiro atoms. The van der Waals surface area contributed by atoms with E-state index >= 15 is 0 Å². The van der Waals surface area contributed by atoms with Crippen LogP contribution in [0.15, 0.2) is 24.3 Å². The van der Waals surface area contributed by atoms with E-state index < -0.39 is 5.91 Å². The third-order valence-corrected chi connectivity index (χ3v) is 5.18. The van der Waals surface area contributed by atoms with Crippen LogP contribution in [-0.4, -0.2) is 18.4 Å². The maximum absolute atomic E-state index is 12.0. The maximum atomic E-state index is 12.0. The standard InChI is InChI=1S/C17H19ClN2O3S/c1-4-14-11(3)8-15(24-14)17(22)20-19-16(21)9-23-12-5-6-13(18)10(2)7-12/h5-8H,4,9H2,1-3H3,(H,19,21)(H,20,22). The SMILES string of the molecule is CCc1sc(C(=O)NNC(=O)COc2ccc(Cl)c(C)c2)cc1C. The van der Waals surface area contributed by atoms with E-state index in [9.17, 15) is 9.59 Å². The van der Waals surface area contributed by atoms with Crippen LogP contribution >= 0.6 is 22.9 Å². The summed E-state index contributed by atoms with van der Waals surface area (Å²) in [6, 6.07) is 6.95. The van der Waals surface area contributed by atoms with Crippen molar-refractivity contribution in [2.75, 3.05) is 6.61 Å². The van der Waals surface area contributed by atoms with Crippen molar-refractivity contribution < 1.29 is 14.3 Å². The Labute approximate surface area is 149 Å². The normalized spacial score (nSPS) is 10.3. The van der Waals surface area contributed by atoms with Gasteiger partial charge < -0.3 is 4.74 Å². The lowest BCUT2D eigenvalue weighted by atomic mass is 10.2. The first-order chi connectivity index (χ1) is 11.4. The van der Waals surface area contributed by atoms with Crippen LogP contribution in [0.3, 0.4) is 0 Å². The minimum Gasteiger partial charge on any atom is -0.484 e. The molecule has 2 amide bonds. The van der Waals surface area contributed by atoms with Gasteiger partial charge in [0.15, 0.2) is 6.61 Å². The van der Waals surface area contributed by atoms with E-state index in [0.717, 1.165) is 22.4 Å². The number of nitrogens with one attached hydrogen (secondary N) is 2. The Morgan fingerprint density at radius 2 is 1.92 bits per heavy atom. The van der Waals surface area contributed by atoms with Crippen molar-refractivity contribution in [3.05, 3.63) is 50.2 Å². The van der Waals surface area contributed by atoms with Gasteiger partial charge in [0.25, 0.3) is 11.8 Å². The van der Waals surface area contributed by atoms with Crippen LogP contribution in [0.25, 0.3) is 0 Å². The molecule has 0 aliphatic heterocycles. The van der Waals surface area contributed by atoms with Crippen LogP contribution in [-0.2, 0) is 11.2 Å². The number of benzene rings is 1. The summed E-state index contributed by atoms with van der Waals surface area (Å²) >= 11 is 7.35. The topological polar surface area (TPSA) is 67.4 Å². The molecule has 2 rings (SSSR count). The Kier molecular flexibility index (Phi) is 6.23. The van der Waals surface area contributed by atoms with E-state index in [1.807, 2.05) is 26.8 Å². The molecule has 0 bridgehead atoms. The molecule has 5 nitrogen and oxygen atoms in total. The molecule has 24 heavy (non-hydrogen) atoms. The number of amides is 2. The highest BCUT2D eigenvalue weighted by molar-refractivity contribution is 7.14. The van der Waals surface area contributed by atoms with E-state index in [2.05, 4.69) is 10.9 Å². The van der Waals surface area contributed by atoms with Gasteiger partial charge in [0.1, 0.15) is 5.75 Å². The van der Waals surface area contributed by atoms with Gasteiger partial charge in [0.05, 0.1) is 4.88 Å². The smallest absolute Gasteiger partial charge is 0.279 e. The summed E-state index contributed by atoms with van der Waals surface area (Å²) in [7, 11) is 0. The molecule has 128 valence electrons. The number of carbonyl (C=O) groups is 2. The second-order valence-electron chi connectivity index (χ2n) is 5.27. The predicted octanol–water partition coefficient (Wildman–Crippen LogP) is 3.42. The number of hydrogen-bond donors (Lipinski definition) is 2. The van der Waals surface area contributed by atoms with Gasteiger partial charge >= 0.3 is 0 Å². The summed E-state index contributed by atoms with van der Waals surface area (Å²) in [4.78, 5) is 25.5. The first-order valence-corrected chi connectivity index (χ1v) is 8.67. The quantitative estimate of drug-likeness (QED) is 0.797. The summed E-state index contributed by atoms with van der Waals surface area (Å²) in [5, 5.41) is 0.636. The summed E-state index contributed by atoms with van der Waals surface area (Å²) in [5.41, 5.74) is 6.68. The van der Waals surface area contributed by atoms with E-state index in [0.29, 0.717) is 15.6 Å². The number of rotatable bonds is 5. The van der Waals surface area contributed by atoms with Crippen molar-refractivity contribution in [3.8, 4) is 5.75 Å². The van der Waals surface area contributed by atoms with Crippen molar-refractivity contribution in [2.24, 2.45) is 0 Å². The van der Waals surface area contributed by atoms with Crippen molar-refractivity contribution in [1.82, 2.24) is 10.9 Å². The molecule has 2 N–H and O–H groups in total. The maximum Gasteiger partial charge on any atom is 0.279 e. The number of ether oxygens (including phenoxy) is 1. The molecule has 7 heteroatoms. The highest BCUT2D eigenvalue weighted by atomic mass is 35.5. The van der Waals surface area contributed by atoms with Gasteiger partial charge in [-0.05, 0) is 55.7 Å². The number of hydrazine groups is 1. The lowest BCUT2D eigenvalue weighted by molar-refractivity contribution is -0.123. The molecule has 1 heterocycles. The summed E-state index contributed by atoms with van der Waals surface area (Å²) < 4.78 is 5.36. The molecule has 0 saturated heterocycles. The van der Waals surface area contributed by atoms with Crippen molar-refractivity contribution >= 4 is 34.8 Å². The summed E-state index contributed by atoms with van der Waals surface area (Å²) in [6.07, 6.45) is 0.879. The molecule has 1 aromatic heterocycles. The molecule has 0 radical (unpaired) electrons. The zero-order chi connectivity index (χ0) is 17.7. The van der Waals surface area contributed by atoms with Crippen molar-refractivity contribution in [1.29, 1.82) is 0 Å². The highest BCUT2D eigenvalue weighted by Gasteiger charge is 2.12. The van der Waals surface area contributed by atoms with Crippen molar-refractivity contribution in [2.45, 2.75) is 27.2 Å². The molecule has 0 fully saturated rings. The van der Waals surface area contributed by atoms with E-state index in [-0.39, 0.29) is 12.5 Å². The number of aryl methyl sites for hydroxylation is 3. The summed E-state index contributed by atoms with van der Waals surface area (Å²) in [5.74, 6) is -0.238. The fourth-order valence-corrected chi connectivity index (χ4v) is 3.19. The number of hydrogen-bond acceptors (Lipinski definition) is 4. The molecule has 0 saturated carbocycles. The van der Waals surface area contributed by atoms with Crippen LogP contribution in [0.4, 0.5) is 0 Å². The Morgan fingerprint density at radius 1 is 1.17 bits per heavy atom. The lowest BCUT2D eigenvalue weighted by Crippen LogP contribution is -2.43. The third kappa shape index (κ3) is 4.72. The largest absolute Gasteiger partial charge is 0.484 e. The lowest BCUT2D eigenvalue weighted by Gasteiger charge is -2.09. The predicted molar refractivity (Wildman–Crippen MR) is 95.7 cm³/mol. The van der Waals surface area contributed by atoms with Gasteiger partial charge in [-0.15, -0.1) is 11.3 Å². The van der Waals surface area contributed by atoms with Crippen LogP contribution in [0.1, 0.15) is 32.6 Å². The van der Waals surface area contributed by atoms with Gasteiger partial charge in [-0.1, -0.05) is 18.5 Å². The van der Waals surface area contributed by atoms with Crippen LogP contribution in [0.5, 0.6) is 5.75 Å². The van der Waals surface area contributed by atoms with Gasteiger partial charge in [-0.3, -0.25) is 20.4 Å². The number of halogens is 1. The molecule has 0 aliphatic carbocycles. The zero-order valence-corrected chi connectivity index (χ0v) is 15.3. The Balaban J connectivity index is 1.81. The first kappa shape index (κ1) is 18.3. The average molecular weight is 367 g/mol. The first-order valence-electron chi connectivity index (χ1n) is 7.48. The molecular formula is C17H19ClN2O3S. The monoisotopic (exact) mass is 366 g/mol. The van der Waals surface area contributed by atoms with E-state index in [1.54, 1.807) is 18.2 Å². The van der Waals surface area contributed by atoms with Crippen LogP contribution in [0.2, 0.25) is 5.02 Å². The van der Waals surface area contributed by atoms with E-state index in [4.69, 9.17) is 16.3 Å². The number of thiophene rings is 1. The minimum atomic E-state index is -0.444. The Bertz CT molecular complexity index is 758. The van der Waals surface area contributed by atoms with Crippen molar-refractivity contribution in [3.63, 3.8) is 0 Å². The third-order valence-electron chi connectivity index (χ3n) is 3.38. The van der Waals surface area contributed by atoms with Crippen LogP contribution in [0, 0.1) is 13.8 Å². The van der Waals surface area contributed by atoms with Gasteiger partial charge in [-0.25, -0.2) is 0 Å². The Morgan fingerprint density at radius 3 is 2.54 bits per heavy atom. The number of carbonyl (C=O) groups excluding carboxylic acids is 2. The molecule has 0 aliphatic rings. The molecule has 2 aromatic rings. The molecule has 0 unspecified atom stereocenters. The fraction of sp³-hybridized carbons (Fsp3) is 0.294. The van der Waals surface area contributed by atoms with E-state index in [1.165, 1.54) is 11.3 Å². The molecule has 0 atom stereocenters. The zero-order valence-electron chi connectivity index (χ0n) is 13.7. The second kappa shape index (κ2) is 8.17. The second-order valence-corrected chi connectivity index (χ2v) is 6.82. The van der Waals surface area contributed by atoms with Gasteiger partial charge in [0, 0.05) is 9.90 Å². The molecular weight excluding hydrogens is 348 g/mol.